The Bertz CT molecular complexity index is 538. The van der Waals surface area contributed by atoms with Crippen LogP contribution in [0.4, 0.5) is 0 Å². The summed E-state index contributed by atoms with van der Waals surface area (Å²) in [6.07, 6.45) is 4.26. The lowest BCUT2D eigenvalue weighted by molar-refractivity contribution is -0.146. The van der Waals surface area contributed by atoms with Crippen LogP contribution in [0.25, 0.3) is 0 Å². The Balaban J connectivity index is 2.73. The third-order valence-corrected chi connectivity index (χ3v) is 2.61. The van der Waals surface area contributed by atoms with Gasteiger partial charge < -0.3 is 14.7 Å². The molecule has 0 fully saturated rings. The lowest BCUT2D eigenvalue weighted by Crippen LogP contribution is -2.43. The number of terminal acetylenes is 1. The summed E-state index contributed by atoms with van der Waals surface area (Å²) >= 11 is 5.81. The van der Waals surface area contributed by atoms with Crippen LogP contribution in [0.3, 0.4) is 0 Å². The molecule has 0 bridgehead atoms. The summed E-state index contributed by atoms with van der Waals surface area (Å²) in [5, 5.41) is 9.23. The van der Waals surface area contributed by atoms with Crippen LogP contribution in [0.5, 0.6) is 5.75 Å². The molecule has 0 spiro atoms. The number of amides is 1. The number of halogens is 1. The van der Waals surface area contributed by atoms with Gasteiger partial charge in [0, 0.05) is 5.02 Å². The normalized spacial score (nSPS) is 11.2. The first-order valence-corrected chi connectivity index (χ1v) is 6.18. The fourth-order valence-electron chi connectivity index (χ4n) is 1.54. The number of rotatable bonds is 6. The molecule has 0 aromatic heterocycles. The van der Waals surface area contributed by atoms with Crippen molar-refractivity contribution in [2.24, 2.45) is 0 Å². The summed E-state index contributed by atoms with van der Waals surface area (Å²) in [6.45, 7) is 0.968. The van der Waals surface area contributed by atoms with Gasteiger partial charge in [-0.25, -0.2) is 0 Å². The van der Waals surface area contributed by atoms with Crippen molar-refractivity contribution < 1.29 is 19.4 Å². The van der Waals surface area contributed by atoms with Gasteiger partial charge >= 0.3 is 5.97 Å². The van der Waals surface area contributed by atoms with Crippen molar-refractivity contribution in [2.45, 2.75) is 13.0 Å². The molecule has 1 aromatic rings. The molecule has 6 heteroatoms. The SMILES string of the molecule is C#CCN(CC(=O)O)C(=O)C(C)Oc1cccc(Cl)c1. The molecular weight excluding hydrogens is 282 g/mol. The molecule has 106 valence electrons. The van der Waals surface area contributed by atoms with Crippen molar-refractivity contribution in [1.29, 1.82) is 0 Å². The highest BCUT2D eigenvalue weighted by molar-refractivity contribution is 6.30. The second-order valence-electron chi connectivity index (χ2n) is 4.01. The minimum Gasteiger partial charge on any atom is -0.481 e. The average molecular weight is 296 g/mol. The van der Waals surface area contributed by atoms with Crippen LogP contribution in [0.15, 0.2) is 24.3 Å². The number of hydrogen-bond donors (Lipinski definition) is 1. The molecule has 1 atom stereocenters. The molecule has 0 aliphatic carbocycles. The van der Waals surface area contributed by atoms with Gasteiger partial charge in [0.2, 0.25) is 0 Å². The van der Waals surface area contributed by atoms with Crippen LogP contribution in [0.1, 0.15) is 6.92 Å². The maximum absolute atomic E-state index is 12.1. The maximum Gasteiger partial charge on any atom is 0.323 e. The van der Waals surface area contributed by atoms with Gasteiger partial charge in [0.1, 0.15) is 12.3 Å². The van der Waals surface area contributed by atoms with Gasteiger partial charge in [-0.1, -0.05) is 23.6 Å². The highest BCUT2D eigenvalue weighted by Crippen LogP contribution is 2.18. The van der Waals surface area contributed by atoms with Gasteiger partial charge in [-0.05, 0) is 25.1 Å². The zero-order valence-corrected chi connectivity index (χ0v) is 11.6. The van der Waals surface area contributed by atoms with E-state index in [1.54, 1.807) is 24.3 Å². The Labute approximate surface area is 122 Å². The minimum absolute atomic E-state index is 0.0889. The number of carbonyl (C=O) groups is 2. The smallest absolute Gasteiger partial charge is 0.323 e. The second-order valence-corrected chi connectivity index (χ2v) is 4.45. The van der Waals surface area contributed by atoms with E-state index in [-0.39, 0.29) is 6.54 Å². The lowest BCUT2D eigenvalue weighted by atomic mass is 10.3. The summed E-state index contributed by atoms with van der Waals surface area (Å²) < 4.78 is 5.43. The van der Waals surface area contributed by atoms with Gasteiger partial charge in [-0.2, -0.15) is 0 Å². The monoisotopic (exact) mass is 295 g/mol. The highest BCUT2D eigenvalue weighted by atomic mass is 35.5. The quantitative estimate of drug-likeness (QED) is 0.811. The van der Waals surface area contributed by atoms with Gasteiger partial charge in [-0.15, -0.1) is 6.42 Å². The second kappa shape index (κ2) is 7.41. The van der Waals surface area contributed by atoms with E-state index in [0.717, 1.165) is 4.90 Å². The molecule has 0 saturated heterocycles. The third kappa shape index (κ3) is 4.82. The first-order valence-electron chi connectivity index (χ1n) is 5.80. The predicted molar refractivity (Wildman–Crippen MR) is 74.6 cm³/mol. The van der Waals surface area contributed by atoms with E-state index in [1.807, 2.05) is 0 Å². The van der Waals surface area contributed by atoms with E-state index in [0.29, 0.717) is 10.8 Å². The van der Waals surface area contributed by atoms with Crippen molar-refractivity contribution in [3.05, 3.63) is 29.3 Å². The van der Waals surface area contributed by atoms with Crippen molar-refractivity contribution in [1.82, 2.24) is 4.90 Å². The molecule has 0 aliphatic rings. The lowest BCUT2D eigenvalue weighted by Gasteiger charge is -2.22. The molecular formula is C14H14ClNO4. The van der Waals surface area contributed by atoms with Crippen LogP contribution in [0.2, 0.25) is 5.02 Å². The first-order chi connectivity index (χ1) is 9.43. The van der Waals surface area contributed by atoms with E-state index in [1.165, 1.54) is 6.92 Å². The third-order valence-electron chi connectivity index (χ3n) is 2.38. The van der Waals surface area contributed by atoms with E-state index in [9.17, 15) is 9.59 Å². The molecule has 0 saturated carbocycles. The Morgan fingerprint density at radius 2 is 2.25 bits per heavy atom. The Kier molecular flexibility index (Phi) is 5.88. The molecule has 5 nitrogen and oxygen atoms in total. The number of nitrogens with zero attached hydrogens (tertiary/aromatic N) is 1. The zero-order valence-electron chi connectivity index (χ0n) is 10.9. The Morgan fingerprint density at radius 3 is 2.80 bits per heavy atom. The fourth-order valence-corrected chi connectivity index (χ4v) is 1.72. The van der Waals surface area contributed by atoms with E-state index in [2.05, 4.69) is 5.92 Å². The van der Waals surface area contributed by atoms with Gasteiger partial charge in [0.05, 0.1) is 6.54 Å². The molecule has 1 rings (SSSR count). The number of aliphatic carboxylic acids is 1. The molecule has 0 aliphatic heterocycles. The summed E-state index contributed by atoms with van der Waals surface area (Å²) in [5.41, 5.74) is 0. The van der Waals surface area contributed by atoms with Gasteiger partial charge in [0.25, 0.3) is 5.91 Å². The zero-order chi connectivity index (χ0) is 15.1. The van der Waals surface area contributed by atoms with Crippen molar-refractivity contribution in [2.75, 3.05) is 13.1 Å². The van der Waals surface area contributed by atoms with Crippen molar-refractivity contribution in [3.8, 4) is 18.1 Å². The maximum atomic E-state index is 12.1. The van der Waals surface area contributed by atoms with E-state index < -0.39 is 24.5 Å². The Hall–Kier alpha value is -2.19. The summed E-state index contributed by atoms with van der Waals surface area (Å²) in [5.74, 6) is 1.04. The number of carboxylic acids is 1. The molecule has 0 radical (unpaired) electrons. The average Bonchev–Trinajstić information content (AvgIpc) is 2.36. The standard InChI is InChI=1S/C14H14ClNO4/c1-3-7-16(9-13(17)18)14(19)10(2)20-12-6-4-5-11(15)8-12/h1,4-6,8,10H,7,9H2,2H3,(H,17,18). The number of benzene rings is 1. The molecule has 1 unspecified atom stereocenters. The molecule has 0 heterocycles. The fraction of sp³-hybridized carbons (Fsp3) is 0.286. The summed E-state index contributed by atoms with van der Waals surface area (Å²) in [6, 6.07) is 6.58. The van der Waals surface area contributed by atoms with Crippen LogP contribution in [-0.2, 0) is 9.59 Å². The topological polar surface area (TPSA) is 66.8 Å². The summed E-state index contributed by atoms with van der Waals surface area (Å²) in [7, 11) is 0. The Morgan fingerprint density at radius 1 is 1.55 bits per heavy atom. The van der Waals surface area contributed by atoms with Gasteiger partial charge in [-0.3, -0.25) is 9.59 Å². The van der Waals surface area contributed by atoms with Crippen LogP contribution in [0, 0.1) is 12.3 Å². The largest absolute Gasteiger partial charge is 0.481 e. The van der Waals surface area contributed by atoms with E-state index >= 15 is 0 Å². The highest BCUT2D eigenvalue weighted by Gasteiger charge is 2.23. The predicted octanol–water partition coefficient (Wildman–Crippen LogP) is 1.65. The van der Waals surface area contributed by atoms with Crippen LogP contribution >= 0.6 is 11.6 Å². The molecule has 1 amide bonds. The molecule has 1 N–H and O–H groups in total. The molecule has 20 heavy (non-hydrogen) atoms. The number of carboxylic acid groups (broad SMARTS) is 1. The minimum atomic E-state index is -1.14. The van der Waals surface area contributed by atoms with Crippen molar-refractivity contribution >= 4 is 23.5 Å². The number of ether oxygens (including phenoxy) is 1. The summed E-state index contributed by atoms with van der Waals surface area (Å²) in [4.78, 5) is 23.8. The van der Waals surface area contributed by atoms with Crippen LogP contribution < -0.4 is 4.74 Å². The van der Waals surface area contributed by atoms with Crippen molar-refractivity contribution in [3.63, 3.8) is 0 Å². The van der Waals surface area contributed by atoms with E-state index in [4.69, 9.17) is 27.9 Å². The van der Waals surface area contributed by atoms with Crippen LogP contribution in [-0.4, -0.2) is 41.1 Å². The number of carbonyl (C=O) groups excluding carboxylic acids is 1. The first kappa shape index (κ1) is 15.9. The van der Waals surface area contributed by atoms with Gasteiger partial charge in [0.15, 0.2) is 6.10 Å². The molecule has 1 aromatic carbocycles. The number of hydrogen-bond acceptors (Lipinski definition) is 3.